The second-order valence-electron chi connectivity index (χ2n) is 2.85. The van der Waals surface area contributed by atoms with Crippen LogP contribution in [0.3, 0.4) is 0 Å². The first-order chi connectivity index (χ1) is 5.79. The van der Waals surface area contributed by atoms with Gasteiger partial charge in [0.2, 0.25) is 0 Å². The van der Waals surface area contributed by atoms with Crippen molar-refractivity contribution in [3.05, 3.63) is 12.2 Å². The monoisotopic (exact) mass is 165 g/mol. The number of rotatable bonds is 3. The van der Waals surface area contributed by atoms with Crippen LogP contribution in [0.2, 0.25) is 0 Å². The lowest BCUT2D eigenvalue weighted by Crippen LogP contribution is -2.45. The van der Waals surface area contributed by atoms with E-state index in [0.717, 1.165) is 12.6 Å². The Morgan fingerprint density at radius 2 is 2.58 bits per heavy atom. The fraction of sp³-hybridized carbons (Fsp3) is 0.500. The molecule has 0 bridgehead atoms. The van der Waals surface area contributed by atoms with Gasteiger partial charge < -0.3 is 9.61 Å². The molecule has 64 valence electrons. The van der Waals surface area contributed by atoms with Crippen molar-refractivity contribution in [1.29, 1.82) is 0 Å². The third-order valence-corrected chi connectivity index (χ3v) is 2.09. The third-order valence-electron chi connectivity index (χ3n) is 2.09. The van der Waals surface area contributed by atoms with Crippen LogP contribution < -0.4 is 0 Å². The van der Waals surface area contributed by atoms with Crippen molar-refractivity contribution in [2.45, 2.75) is 19.4 Å². The number of carbonyl (C=O) groups is 2. The third kappa shape index (κ3) is 1.82. The van der Waals surface area contributed by atoms with E-state index in [1.165, 1.54) is 0 Å². The van der Waals surface area contributed by atoms with E-state index in [9.17, 15) is 9.59 Å². The van der Waals surface area contributed by atoms with Gasteiger partial charge in [0.15, 0.2) is 5.78 Å². The van der Waals surface area contributed by atoms with E-state index in [1.54, 1.807) is 12.2 Å². The predicted octanol–water partition coefficient (Wildman–Crippen LogP) is -0.252. The summed E-state index contributed by atoms with van der Waals surface area (Å²) in [4.78, 5) is 23.4. The molecule has 1 heterocycles. The molecule has 0 aromatic carbocycles. The Kier molecular flexibility index (Phi) is 3.23. The van der Waals surface area contributed by atoms with E-state index >= 15 is 0 Å². The average molecular weight is 165 g/mol. The summed E-state index contributed by atoms with van der Waals surface area (Å²) in [7, 11) is 0.356. The highest BCUT2D eigenvalue weighted by Gasteiger charge is 2.24. The molecule has 0 fully saturated rings. The molecule has 3 nitrogen and oxygen atoms in total. The van der Waals surface area contributed by atoms with Gasteiger partial charge in [0, 0.05) is 6.54 Å². The Labute approximate surface area is 72.7 Å². The van der Waals surface area contributed by atoms with E-state index in [0.29, 0.717) is 14.0 Å². The van der Waals surface area contributed by atoms with Crippen molar-refractivity contribution in [3.63, 3.8) is 0 Å². The second-order valence-corrected chi connectivity index (χ2v) is 2.85. The molecule has 0 saturated carbocycles. The molecule has 12 heavy (non-hydrogen) atoms. The van der Waals surface area contributed by atoms with Gasteiger partial charge in [-0.05, 0) is 12.5 Å². The summed E-state index contributed by atoms with van der Waals surface area (Å²) in [5, 5.41) is 0. The maximum atomic E-state index is 11.3. The second kappa shape index (κ2) is 4.21. The lowest BCUT2D eigenvalue weighted by atomic mass is 9.87. The van der Waals surface area contributed by atoms with Crippen LogP contribution in [0.15, 0.2) is 12.2 Å². The van der Waals surface area contributed by atoms with Gasteiger partial charge in [-0.2, -0.15) is 0 Å². The predicted molar refractivity (Wildman–Crippen MR) is 48.8 cm³/mol. The minimum atomic E-state index is -0.0831. The number of nitrogens with zero attached hydrogens (tertiary/aromatic N) is 1. The van der Waals surface area contributed by atoms with Gasteiger partial charge in [-0.3, -0.25) is 4.79 Å². The topological polar surface area (TPSA) is 37.4 Å². The van der Waals surface area contributed by atoms with Crippen molar-refractivity contribution in [3.8, 4) is 0 Å². The molecule has 0 radical (unpaired) electrons. The molecule has 4 heteroatoms. The molecule has 0 unspecified atom stereocenters. The zero-order valence-electron chi connectivity index (χ0n) is 7.19. The minimum Gasteiger partial charge on any atom is -0.326 e. The van der Waals surface area contributed by atoms with Crippen LogP contribution in [-0.2, 0) is 9.59 Å². The van der Waals surface area contributed by atoms with Crippen molar-refractivity contribution in [1.82, 2.24) is 4.81 Å². The number of carbonyl (C=O) groups excluding carboxylic acids is 2. The minimum absolute atomic E-state index is 0.0831. The van der Waals surface area contributed by atoms with Crippen molar-refractivity contribution < 1.29 is 9.59 Å². The molecule has 0 aromatic heterocycles. The molecule has 1 aliphatic heterocycles. The van der Waals surface area contributed by atoms with E-state index in [-0.39, 0.29) is 11.8 Å². The average Bonchev–Trinajstić information content (AvgIpc) is 2.05. The standard InChI is InChI=1S/C8H12BNO2/c1-2-7-8(12)4-3-5-10(7)9-6-11/h3-4,6-7,9H,2,5H2,1H3/t7-/m1/s1. The van der Waals surface area contributed by atoms with Crippen LogP contribution in [0.25, 0.3) is 0 Å². The molecular weight excluding hydrogens is 153 g/mol. The largest absolute Gasteiger partial charge is 0.326 e. The molecule has 0 aliphatic carbocycles. The first-order valence-corrected chi connectivity index (χ1v) is 4.17. The van der Waals surface area contributed by atoms with Crippen molar-refractivity contribution >= 4 is 19.4 Å². The van der Waals surface area contributed by atoms with Gasteiger partial charge in [0.05, 0.1) is 12.2 Å². The van der Waals surface area contributed by atoms with E-state index < -0.39 is 0 Å². The molecule has 1 aliphatic rings. The Morgan fingerprint density at radius 3 is 3.17 bits per heavy atom. The quantitative estimate of drug-likeness (QED) is 0.427. The van der Waals surface area contributed by atoms with Gasteiger partial charge in [0.25, 0.3) is 7.41 Å². The van der Waals surface area contributed by atoms with Crippen LogP contribution >= 0.6 is 0 Å². The smallest absolute Gasteiger partial charge is 0.281 e. The lowest BCUT2D eigenvalue weighted by molar-refractivity contribution is -0.118. The molecule has 0 spiro atoms. The van der Waals surface area contributed by atoms with Gasteiger partial charge in [-0.25, -0.2) is 0 Å². The summed E-state index contributed by atoms with van der Waals surface area (Å²) >= 11 is 0. The fourth-order valence-electron chi connectivity index (χ4n) is 1.48. The van der Waals surface area contributed by atoms with Gasteiger partial charge >= 0.3 is 0 Å². The fourth-order valence-corrected chi connectivity index (χ4v) is 1.48. The summed E-state index contributed by atoms with van der Waals surface area (Å²) in [5.74, 6) is 0.116. The van der Waals surface area contributed by atoms with Crippen LogP contribution in [0.1, 0.15) is 13.3 Å². The van der Waals surface area contributed by atoms with Crippen molar-refractivity contribution in [2.24, 2.45) is 0 Å². The Hall–Kier alpha value is -0.895. The number of ketones is 1. The van der Waals surface area contributed by atoms with E-state index in [1.807, 2.05) is 11.7 Å². The zero-order chi connectivity index (χ0) is 8.97. The zero-order valence-corrected chi connectivity index (χ0v) is 7.19. The first-order valence-electron chi connectivity index (χ1n) is 4.17. The normalized spacial score (nSPS) is 24.1. The van der Waals surface area contributed by atoms with Crippen LogP contribution in [0.4, 0.5) is 0 Å². The number of hydrogen-bond acceptors (Lipinski definition) is 3. The molecule has 0 N–H and O–H groups in total. The van der Waals surface area contributed by atoms with Crippen molar-refractivity contribution in [2.75, 3.05) is 6.54 Å². The van der Waals surface area contributed by atoms with Gasteiger partial charge in [-0.15, -0.1) is 0 Å². The summed E-state index contributed by atoms with van der Waals surface area (Å²) in [5.41, 5.74) is 0. The highest BCUT2D eigenvalue weighted by molar-refractivity contribution is 6.64. The molecule has 1 rings (SSSR count). The summed E-state index contributed by atoms with van der Waals surface area (Å²) in [6, 6.07) is -0.0831. The van der Waals surface area contributed by atoms with Crippen LogP contribution in [-0.4, -0.2) is 36.8 Å². The maximum absolute atomic E-state index is 11.3. The van der Waals surface area contributed by atoms with Crippen LogP contribution in [0.5, 0.6) is 0 Å². The highest BCUT2D eigenvalue weighted by Crippen LogP contribution is 2.09. The Morgan fingerprint density at radius 1 is 1.83 bits per heavy atom. The molecule has 0 aromatic rings. The summed E-state index contributed by atoms with van der Waals surface area (Å²) in [6.07, 6.45) is 5.03. The molecule has 0 amide bonds. The maximum Gasteiger partial charge on any atom is 0.281 e. The lowest BCUT2D eigenvalue weighted by Gasteiger charge is -2.28. The summed E-state index contributed by atoms with van der Waals surface area (Å²) in [6.45, 7) is 2.67. The first kappa shape index (κ1) is 9.19. The Balaban J connectivity index is 2.67. The van der Waals surface area contributed by atoms with E-state index in [4.69, 9.17) is 0 Å². The van der Waals surface area contributed by atoms with E-state index in [2.05, 4.69) is 0 Å². The number of hydrogen-bond donors (Lipinski definition) is 0. The van der Waals surface area contributed by atoms with Gasteiger partial charge in [0.1, 0.15) is 0 Å². The Bertz CT molecular complexity index is 215. The van der Waals surface area contributed by atoms with Crippen LogP contribution in [0, 0.1) is 0 Å². The molecule has 0 saturated heterocycles. The summed E-state index contributed by atoms with van der Waals surface area (Å²) < 4.78 is 0. The molecule has 1 atom stereocenters. The SMILES string of the molecule is CC[C@@H]1C(=O)C=CCN1BC=O. The van der Waals surface area contributed by atoms with Gasteiger partial charge in [-0.1, -0.05) is 13.0 Å². The highest BCUT2D eigenvalue weighted by atomic mass is 16.1. The molecular formula is C8H12BNO2.